The number of hydrogen-bond donors (Lipinski definition) is 2. The first-order chi connectivity index (χ1) is 9.19. The molecule has 1 amide bonds. The Morgan fingerprint density at radius 3 is 2.79 bits per heavy atom. The number of primary amides is 1. The third-order valence-electron chi connectivity index (χ3n) is 4.06. The molecule has 1 aliphatic heterocycles. The van der Waals surface area contributed by atoms with Crippen LogP contribution in [-0.2, 0) is 4.79 Å². The smallest absolute Gasteiger partial charge is 0.234 e. The van der Waals surface area contributed by atoms with E-state index in [-0.39, 0.29) is 11.9 Å². The highest BCUT2D eigenvalue weighted by molar-refractivity contribution is 5.79. The van der Waals surface area contributed by atoms with Gasteiger partial charge < -0.3 is 16.0 Å². The molecule has 4 nitrogen and oxygen atoms in total. The molecule has 1 aliphatic rings. The third kappa shape index (κ3) is 5.91. The number of hydrogen-bond acceptors (Lipinski definition) is 3. The Morgan fingerprint density at radius 1 is 1.37 bits per heavy atom. The lowest BCUT2D eigenvalue weighted by atomic mass is 9.97. The van der Waals surface area contributed by atoms with Crippen molar-refractivity contribution in [3.63, 3.8) is 0 Å². The molecule has 0 aromatic rings. The van der Waals surface area contributed by atoms with Crippen molar-refractivity contribution in [3.8, 4) is 0 Å². The maximum absolute atomic E-state index is 11.4. The largest absolute Gasteiger partial charge is 0.368 e. The minimum absolute atomic E-state index is 0.163. The topological polar surface area (TPSA) is 58.4 Å². The van der Waals surface area contributed by atoms with Crippen molar-refractivity contribution in [2.45, 2.75) is 70.9 Å². The Kier molecular flexibility index (Phi) is 8.07. The van der Waals surface area contributed by atoms with Crippen LogP contribution in [0.3, 0.4) is 0 Å². The highest BCUT2D eigenvalue weighted by Crippen LogP contribution is 2.21. The molecule has 0 spiro atoms. The predicted molar refractivity (Wildman–Crippen MR) is 80.0 cm³/mol. The molecule has 0 aromatic carbocycles. The van der Waals surface area contributed by atoms with Crippen molar-refractivity contribution < 1.29 is 4.79 Å². The molecular weight excluding hydrogens is 238 g/mol. The SMILES string of the molecule is CCCNC(CCN1CCCCC1CCC)C(N)=O. The summed E-state index contributed by atoms with van der Waals surface area (Å²) >= 11 is 0. The number of carbonyl (C=O) groups is 1. The van der Waals surface area contributed by atoms with Crippen LogP contribution in [0.5, 0.6) is 0 Å². The van der Waals surface area contributed by atoms with Crippen molar-refractivity contribution in [1.82, 2.24) is 10.2 Å². The van der Waals surface area contributed by atoms with E-state index in [0.717, 1.165) is 32.0 Å². The van der Waals surface area contributed by atoms with E-state index in [1.165, 1.54) is 38.6 Å². The van der Waals surface area contributed by atoms with Crippen LogP contribution < -0.4 is 11.1 Å². The van der Waals surface area contributed by atoms with Gasteiger partial charge >= 0.3 is 0 Å². The summed E-state index contributed by atoms with van der Waals surface area (Å²) in [6.45, 7) is 7.40. The maximum atomic E-state index is 11.4. The van der Waals surface area contributed by atoms with Gasteiger partial charge in [-0.2, -0.15) is 0 Å². The lowest BCUT2D eigenvalue weighted by Gasteiger charge is -2.36. The van der Waals surface area contributed by atoms with Crippen molar-refractivity contribution in [1.29, 1.82) is 0 Å². The minimum Gasteiger partial charge on any atom is -0.368 e. The van der Waals surface area contributed by atoms with Gasteiger partial charge in [-0.1, -0.05) is 26.7 Å². The fourth-order valence-corrected chi connectivity index (χ4v) is 2.97. The molecule has 1 heterocycles. The average Bonchev–Trinajstić information content (AvgIpc) is 2.40. The van der Waals surface area contributed by atoms with Gasteiger partial charge in [-0.15, -0.1) is 0 Å². The van der Waals surface area contributed by atoms with E-state index in [4.69, 9.17) is 5.73 Å². The molecule has 0 radical (unpaired) electrons. The summed E-state index contributed by atoms with van der Waals surface area (Å²) in [4.78, 5) is 14.0. The first-order valence-electron chi connectivity index (χ1n) is 7.95. The van der Waals surface area contributed by atoms with Crippen LogP contribution in [0, 0.1) is 0 Å². The number of piperidine rings is 1. The summed E-state index contributed by atoms with van der Waals surface area (Å²) < 4.78 is 0. The van der Waals surface area contributed by atoms with E-state index >= 15 is 0 Å². The highest BCUT2D eigenvalue weighted by Gasteiger charge is 2.23. The average molecular weight is 269 g/mol. The lowest BCUT2D eigenvalue weighted by Crippen LogP contribution is -2.46. The van der Waals surface area contributed by atoms with Crippen LogP contribution >= 0.6 is 0 Å². The minimum atomic E-state index is -0.211. The van der Waals surface area contributed by atoms with Crippen LogP contribution in [0.4, 0.5) is 0 Å². The summed E-state index contributed by atoms with van der Waals surface area (Å²) in [5.41, 5.74) is 5.47. The molecule has 19 heavy (non-hydrogen) atoms. The van der Waals surface area contributed by atoms with Crippen molar-refractivity contribution in [3.05, 3.63) is 0 Å². The zero-order chi connectivity index (χ0) is 14.1. The summed E-state index contributed by atoms with van der Waals surface area (Å²) in [6, 6.07) is 0.558. The second-order valence-electron chi connectivity index (χ2n) is 5.67. The molecule has 2 atom stereocenters. The fourth-order valence-electron chi connectivity index (χ4n) is 2.97. The van der Waals surface area contributed by atoms with Gasteiger partial charge in [0.1, 0.15) is 0 Å². The van der Waals surface area contributed by atoms with Gasteiger partial charge in [0.25, 0.3) is 0 Å². The highest BCUT2D eigenvalue weighted by atomic mass is 16.1. The van der Waals surface area contributed by atoms with E-state index in [1.807, 2.05) is 0 Å². The zero-order valence-corrected chi connectivity index (χ0v) is 12.7. The van der Waals surface area contributed by atoms with Crippen LogP contribution in [0.1, 0.15) is 58.8 Å². The van der Waals surface area contributed by atoms with Crippen LogP contribution in [0.15, 0.2) is 0 Å². The summed E-state index contributed by atoms with van der Waals surface area (Å²) in [7, 11) is 0. The van der Waals surface area contributed by atoms with Gasteiger partial charge in [0, 0.05) is 12.6 Å². The Morgan fingerprint density at radius 2 is 2.16 bits per heavy atom. The number of nitrogens with two attached hydrogens (primary N) is 1. The Labute approximate surface area is 118 Å². The molecule has 1 fully saturated rings. The maximum Gasteiger partial charge on any atom is 0.234 e. The molecule has 2 unspecified atom stereocenters. The first-order valence-corrected chi connectivity index (χ1v) is 7.95. The molecule has 1 saturated heterocycles. The number of rotatable bonds is 9. The van der Waals surface area contributed by atoms with E-state index in [0.29, 0.717) is 0 Å². The van der Waals surface area contributed by atoms with Gasteiger partial charge in [0.2, 0.25) is 5.91 Å². The Hall–Kier alpha value is -0.610. The quantitative estimate of drug-likeness (QED) is 0.672. The fraction of sp³-hybridized carbons (Fsp3) is 0.933. The molecule has 1 rings (SSSR count). The van der Waals surface area contributed by atoms with Crippen molar-refractivity contribution in [2.75, 3.05) is 19.6 Å². The number of nitrogens with zero attached hydrogens (tertiary/aromatic N) is 1. The summed E-state index contributed by atoms with van der Waals surface area (Å²) in [6.07, 6.45) is 8.37. The van der Waals surface area contributed by atoms with Crippen molar-refractivity contribution >= 4 is 5.91 Å². The van der Waals surface area contributed by atoms with Crippen LogP contribution in [0.2, 0.25) is 0 Å². The molecule has 112 valence electrons. The Balaban J connectivity index is 2.39. The number of nitrogens with one attached hydrogen (secondary N) is 1. The van der Waals surface area contributed by atoms with E-state index < -0.39 is 0 Å². The van der Waals surface area contributed by atoms with E-state index in [1.54, 1.807) is 0 Å². The van der Waals surface area contributed by atoms with Gasteiger partial charge in [-0.05, 0) is 45.2 Å². The Bertz CT molecular complexity index is 256. The van der Waals surface area contributed by atoms with Gasteiger partial charge in [0.15, 0.2) is 0 Å². The van der Waals surface area contributed by atoms with Crippen LogP contribution in [-0.4, -0.2) is 42.5 Å². The standard InChI is InChI=1S/C15H31N3O/c1-3-7-13-8-5-6-11-18(13)12-9-14(15(16)19)17-10-4-2/h13-14,17H,3-12H2,1-2H3,(H2,16,19). The first kappa shape index (κ1) is 16.4. The van der Waals surface area contributed by atoms with Crippen molar-refractivity contribution in [2.24, 2.45) is 5.73 Å². The third-order valence-corrected chi connectivity index (χ3v) is 4.06. The zero-order valence-electron chi connectivity index (χ0n) is 12.7. The molecule has 4 heteroatoms. The number of likely N-dealkylation sites (tertiary alicyclic amines) is 1. The monoisotopic (exact) mass is 269 g/mol. The lowest BCUT2D eigenvalue weighted by molar-refractivity contribution is -0.120. The molecule has 0 bridgehead atoms. The second-order valence-corrected chi connectivity index (χ2v) is 5.67. The van der Waals surface area contributed by atoms with Gasteiger partial charge in [-0.3, -0.25) is 4.79 Å². The summed E-state index contributed by atoms with van der Waals surface area (Å²) in [5.74, 6) is -0.211. The molecular formula is C15H31N3O. The number of amides is 1. The number of carbonyl (C=O) groups excluding carboxylic acids is 1. The normalized spacial score (nSPS) is 22.3. The van der Waals surface area contributed by atoms with E-state index in [9.17, 15) is 4.79 Å². The van der Waals surface area contributed by atoms with E-state index in [2.05, 4.69) is 24.1 Å². The summed E-state index contributed by atoms with van der Waals surface area (Å²) in [5, 5.41) is 3.25. The molecule has 0 aromatic heterocycles. The molecule has 0 saturated carbocycles. The van der Waals surface area contributed by atoms with Crippen LogP contribution in [0.25, 0.3) is 0 Å². The van der Waals surface area contributed by atoms with Gasteiger partial charge in [0.05, 0.1) is 6.04 Å². The van der Waals surface area contributed by atoms with Gasteiger partial charge in [-0.25, -0.2) is 0 Å². The molecule has 0 aliphatic carbocycles. The predicted octanol–water partition coefficient (Wildman–Crippen LogP) is 1.88. The second kappa shape index (κ2) is 9.32. The molecule has 3 N–H and O–H groups in total.